The Kier molecular flexibility index (Phi) is 11.5. The van der Waals surface area contributed by atoms with E-state index in [0.717, 1.165) is 0 Å². The van der Waals surface area contributed by atoms with Gasteiger partial charge < -0.3 is 42.7 Å². The minimum atomic E-state index is -1.59. The van der Waals surface area contributed by atoms with E-state index in [0.29, 0.717) is 5.56 Å². The van der Waals surface area contributed by atoms with Crippen LogP contribution in [0.3, 0.4) is 0 Å². The van der Waals surface area contributed by atoms with Gasteiger partial charge in [0.1, 0.15) is 23.9 Å². The van der Waals surface area contributed by atoms with Crippen molar-refractivity contribution in [1.82, 2.24) is 16.0 Å². The lowest BCUT2D eigenvalue weighted by Crippen LogP contribution is -2.58. The van der Waals surface area contributed by atoms with Gasteiger partial charge in [0.25, 0.3) is 0 Å². The number of carboxylic acids is 2. The van der Waals surface area contributed by atoms with Gasteiger partial charge in [-0.15, -0.1) is 0 Å². The zero-order valence-corrected chi connectivity index (χ0v) is 19.2. The molecule has 0 saturated carbocycles. The van der Waals surface area contributed by atoms with Crippen molar-refractivity contribution in [2.45, 2.75) is 43.4 Å². The van der Waals surface area contributed by atoms with Crippen LogP contribution in [0.1, 0.15) is 18.4 Å². The van der Waals surface area contributed by atoms with Gasteiger partial charge >= 0.3 is 11.9 Å². The molecule has 1 aromatic carbocycles. The molecule has 0 heterocycles. The highest BCUT2D eigenvalue weighted by molar-refractivity contribution is 7.80. The first-order valence-electron chi connectivity index (χ1n) is 10.1. The molecule has 0 fully saturated rings. The number of primary amides is 1. The SMILES string of the molecule is NC(=O)CC(NC(=O)C(CS)NC(=O)C(N)CC(=O)O)C(=O)NC(Cc1ccc(O)cc1)C(=O)O. The van der Waals surface area contributed by atoms with Gasteiger partial charge in [0.15, 0.2) is 0 Å². The summed E-state index contributed by atoms with van der Waals surface area (Å²) < 4.78 is 0. The van der Waals surface area contributed by atoms with Crippen LogP contribution in [0.15, 0.2) is 24.3 Å². The molecule has 4 atom stereocenters. The number of hydrogen-bond donors (Lipinski definition) is 9. The molecule has 0 spiro atoms. The third-order valence-electron chi connectivity index (χ3n) is 4.58. The smallest absolute Gasteiger partial charge is 0.326 e. The standard InChI is InChI=1S/C20H27N5O9S/c21-11(6-16(28)29)17(30)25-14(8-35)19(32)23-12(7-15(22)27)18(31)24-13(20(33)34)5-9-1-3-10(26)4-2-9/h1-4,11-14,26,35H,5-8,21H2,(H2,22,27)(H,23,32)(H,24,31)(H,25,30)(H,28,29)(H,33,34). The minimum absolute atomic E-state index is 0.0383. The van der Waals surface area contributed by atoms with Crippen molar-refractivity contribution in [3.05, 3.63) is 29.8 Å². The normalized spacial score (nSPS) is 14.0. The van der Waals surface area contributed by atoms with Gasteiger partial charge in [-0.3, -0.25) is 24.0 Å². The maximum absolute atomic E-state index is 12.7. The number of benzene rings is 1. The van der Waals surface area contributed by atoms with Crippen molar-refractivity contribution < 1.29 is 44.1 Å². The molecule has 0 saturated heterocycles. The fraction of sp³-hybridized carbons (Fsp3) is 0.400. The van der Waals surface area contributed by atoms with Crippen LogP contribution < -0.4 is 27.4 Å². The van der Waals surface area contributed by atoms with E-state index in [-0.39, 0.29) is 17.9 Å². The summed E-state index contributed by atoms with van der Waals surface area (Å²) in [6, 6.07) is -0.280. The van der Waals surface area contributed by atoms with Gasteiger partial charge in [0.05, 0.1) is 18.9 Å². The van der Waals surface area contributed by atoms with Crippen molar-refractivity contribution in [3.8, 4) is 5.75 Å². The average Bonchev–Trinajstić information content (AvgIpc) is 2.76. The lowest BCUT2D eigenvalue weighted by atomic mass is 10.0. The molecule has 10 N–H and O–H groups in total. The molecule has 1 rings (SSSR count). The van der Waals surface area contributed by atoms with Gasteiger partial charge in [0, 0.05) is 12.2 Å². The molecule has 0 aliphatic carbocycles. The van der Waals surface area contributed by atoms with Gasteiger partial charge in [-0.2, -0.15) is 12.6 Å². The molecule has 192 valence electrons. The summed E-state index contributed by atoms with van der Waals surface area (Å²) in [6.07, 6.45) is -1.55. The molecule has 0 aromatic heterocycles. The predicted molar refractivity (Wildman–Crippen MR) is 123 cm³/mol. The number of aliphatic carboxylic acids is 2. The Labute approximate surface area is 204 Å². The van der Waals surface area contributed by atoms with Gasteiger partial charge in [-0.1, -0.05) is 12.1 Å². The number of aromatic hydroxyl groups is 1. The van der Waals surface area contributed by atoms with E-state index in [1.165, 1.54) is 24.3 Å². The number of amides is 4. The fourth-order valence-corrected chi connectivity index (χ4v) is 3.03. The Morgan fingerprint density at radius 2 is 1.34 bits per heavy atom. The second kappa shape index (κ2) is 13.8. The van der Waals surface area contributed by atoms with Crippen LogP contribution in [0.4, 0.5) is 0 Å². The molecular formula is C20H27N5O9S. The summed E-state index contributed by atoms with van der Waals surface area (Å²) >= 11 is 3.94. The minimum Gasteiger partial charge on any atom is -0.508 e. The molecule has 15 heteroatoms. The summed E-state index contributed by atoms with van der Waals surface area (Å²) in [5.41, 5.74) is 11.1. The van der Waals surface area contributed by atoms with Crippen molar-refractivity contribution in [3.63, 3.8) is 0 Å². The summed E-state index contributed by atoms with van der Waals surface area (Å²) in [6.45, 7) is 0. The molecule has 0 aliphatic heterocycles. The molecule has 0 radical (unpaired) electrons. The van der Waals surface area contributed by atoms with Crippen LogP contribution in [-0.2, 0) is 35.2 Å². The Hall–Kier alpha value is -3.85. The highest BCUT2D eigenvalue weighted by Gasteiger charge is 2.31. The van der Waals surface area contributed by atoms with Gasteiger partial charge in [-0.05, 0) is 17.7 Å². The van der Waals surface area contributed by atoms with Crippen LogP contribution in [0.2, 0.25) is 0 Å². The number of carbonyl (C=O) groups excluding carboxylic acids is 4. The van der Waals surface area contributed by atoms with E-state index in [9.17, 15) is 39.0 Å². The molecule has 4 unspecified atom stereocenters. The van der Waals surface area contributed by atoms with E-state index in [1.54, 1.807) is 0 Å². The van der Waals surface area contributed by atoms with Crippen LogP contribution in [0, 0.1) is 0 Å². The first-order valence-corrected chi connectivity index (χ1v) is 10.8. The lowest BCUT2D eigenvalue weighted by Gasteiger charge is -2.24. The highest BCUT2D eigenvalue weighted by Crippen LogP contribution is 2.12. The van der Waals surface area contributed by atoms with E-state index in [1.807, 2.05) is 0 Å². The Morgan fingerprint density at radius 3 is 1.83 bits per heavy atom. The summed E-state index contributed by atoms with van der Waals surface area (Å²) in [5, 5.41) is 34.1. The van der Waals surface area contributed by atoms with Gasteiger partial charge in [-0.25, -0.2) is 4.79 Å². The topological polar surface area (TPSA) is 251 Å². The largest absolute Gasteiger partial charge is 0.508 e. The number of nitrogens with one attached hydrogen (secondary N) is 3. The molecule has 14 nitrogen and oxygen atoms in total. The monoisotopic (exact) mass is 513 g/mol. The van der Waals surface area contributed by atoms with Crippen LogP contribution in [0.25, 0.3) is 0 Å². The van der Waals surface area contributed by atoms with E-state index in [2.05, 4.69) is 28.6 Å². The van der Waals surface area contributed by atoms with Crippen LogP contribution >= 0.6 is 12.6 Å². The summed E-state index contributed by atoms with van der Waals surface area (Å²) in [5.74, 6) is -6.99. The van der Waals surface area contributed by atoms with Crippen molar-refractivity contribution in [1.29, 1.82) is 0 Å². The summed E-state index contributed by atoms with van der Waals surface area (Å²) in [7, 11) is 0. The van der Waals surface area contributed by atoms with Crippen molar-refractivity contribution >= 4 is 48.2 Å². The maximum Gasteiger partial charge on any atom is 0.326 e. The van der Waals surface area contributed by atoms with E-state index in [4.69, 9.17) is 16.6 Å². The number of rotatable bonds is 14. The predicted octanol–water partition coefficient (Wildman–Crippen LogP) is -2.92. The number of carbonyl (C=O) groups is 6. The molecule has 0 aliphatic rings. The van der Waals surface area contributed by atoms with Crippen LogP contribution in [0.5, 0.6) is 5.75 Å². The quantitative estimate of drug-likeness (QED) is 0.115. The highest BCUT2D eigenvalue weighted by atomic mass is 32.1. The van der Waals surface area contributed by atoms with Gasteiger partial charge in [0.2, 0.25) is 23.6 Å². The van der Waals surface area contributed by atoms with E-state index < -0.39 is 72.6 Å². The zero-order valence-electron chi connectivity index (χ0n) is 18.3. The molecular weight excluding hydrogens is 486 g/mol. The fourth-order valence-electron chi connectivity index (χ4n) is 2.78. The van der Waals surface area contributed by atoms with Crippen molar-refractivity contribution in [2.24, 2.45) is 11.5 Å². The number of phenolic OH excluding ortho intramolecular Hbond substituents is 1. The second-order valence-electron chi connectivity index (χ2n) is 7.45. The maximum atomic E-state index is 12.7. The molecule has 4 amide bonds. The average molecular weight is 514 g/mol. The number of hydrogen-bond acceptors (Lipinski definition) is 9. The van der Waals surface area contributed by atoms with Crippen molar-refractivity contribution in [2.75, 3.05) is 5.75 Å². The third kappa shape index (κ3) is 10.3. The van der Waals surface area contributed by atoms with E-state index >= 15 is 0 Å². The summed E-state index contributed by atoms with van der Waals surface area (Å²) in [4.78, 5) is 71.1. The molecule has 0 bridgehead atoms. The molecule has 1 aromatic rings. The number of phenols is 1. The molecule has 35 heavy (non-hydrogen) atoms. The van der Waals surface area contributed by atoms with Crippen LogP contribution in [-0.4, -0.2) is 80.8 Å². The Balaban J connectivity index is 2.93. The lowest BCUT2D eigenvalue weighted by molar-refractivity contribution is -0.142. The third-order valence-corrected chi connectivity index (χ3v) is 4.94. The first kappa shape index (κ1) is 29.2. The number of carboxylic acid groups (broad SMARTS) is 2. The zero-order chi connectivity index (χ0) is 26.7. The first-order chi connectivity index (χ1) is 16.3. The Bertz CT molecular complexity index is 957. The number of thiol groups is 1. The second-order valence-corrected chi connectivity index (χ2v) is 7.81. The Morgan fingerprint density at radius 1 is 0.829 bits per heavy atom. The number of nitrogens with two attached hydrogens (primary N) is 2.